The second kappa shape index (κ2) is 9.53. The van der Waals surface area contributed by atoms with Gasteiger partial charge in [-0.2, -0.15) is 0 Å². The monoisotopic (exact) mass is 414 g/mol. The van der Waals surface area contributed by atoms with E-state index in [0.717, 1.165) is 83.5 Å². The Kier molecular flexibility index (Phi) is 7.26. The van der Waals surface area contributed by atoms with Crippen molar-refractivity contribution in [3.63, 3.8) is 0 Å². The Morgan fingerprint density at radius 2 is 1.63 bits per heavy atom. The molecule has 2 saturated carbocycles. The standard InChI is InChI=1S/C26H38O4/c1-19-17-22(9-6-8-12-26(15-16-26)30-18-27)21(3)23(20(19)2)10-5-4-7-11-25(13-14-25)24(28)29/h17-18H,4-16H2,1-3H3,(H,28,29). The number of hydrogen-bond acceptors (Lipinski definition) is 3. The second-order valence-electron chi connectivity index (χ2n) is 9.83. The lowest BCUT2D eigenvalue weighted by Crippen LogP contribution is -2.14. The maximum Gasteiger partial charge on any atom is 0.309 e. The van der Waals surface area contributed by atoms with E-state index < -0.39 is 5.97 Å². The van der Waals surface area contributed by atoms with Crippen LogP contribution in [0.4, 0.5) is 0 Å². The molecule has 0 atom stereocenters. The first kappa shape index (κ1) is 22.8. The van der Waals surface area contributed by atoms with Crippen molar-refractivity contribution in [2.24, 2.45) is 5.41 Å². The summed E-state index contributed by atoms with van der Waals surface area (Å²) in [6.07, 6.45) is 13.3. The summed E-state index contributed by atoms with van der Waals surface area (Å²) in [6.45, 7) is 7.32. The van der Waals surface area contributed by atoms with Crippen molar-refractivity contribution in [1.82, 2.24) is 0 Å². The summed E-state index contributed by atoms with van der Waals surface area (Å²) in [7, 11) is 0. The minimum absolute atomic E-state index is 0.134. The smallest absolute Gasteiger partial charge is 0.309 e. The summed E-state index contributed by atoms with van der Waals surface area (Å²) < 4.78 is 5.26. The molecule has 0 saturated heterocycles. The van der Waals surface area contributed by atoms with Crippen LogP contribution < -0.4 is 0 Å². The summed E-state index contributed by atoms with van der Waals surface area (Å²) in [5, 5.41) is 9.31. The van der Waals surface area contributed by atoms with Crippen molar-refractivity contribution in [1.29, 1.82) is 0 Å². The van der Waals surface area contributed by atoms with Gasteiger partial charge in [0.2, 0.25) is 0 Å². The molecule has 0 unspecified atom stereocenters. The number of aryl methyl sites for hydroxylation is 2. The number of rotatable bonds is 14. The summed E-state index contributed by atoms with van der Waals surface area (Å²) in [5.74, 6) is -0.595. The van der Waals surface area contributed by atoms with Gasteiger partial charge in [0.25, 0.3) is 6.47 Å². The van der Waals surface area contributed by atoms with E-state index in [1.807, 2.05) is 0 Å². The number of carbonyl (C=O) groups excluding carboxylic acids is 1. The van der Waals surface area contributed by atoms with E-state index in [9.17, 15) is 14.7 Å². The minimum Gasteiger partial charge on any atom is -0.481 e. The predicted octanol–water partition coefficient (Wildman–Crippen LogP) is 6.00. The molecule has 1 N–H and O–H groups in total. The van der Waals surface area contributed by atoms with Crippen molar-refractivity contribution in [3.05, 3.63) is 33.9 Å². The first-order valence-corrected chi connectivity index (χ1v) is 11.8. The Morgan fingerprint density at radius 1 is 0.967 bits per heavy atom. The van der Waals surface area contributed by atoms with Gasteiger partial charge in [-0.05, 0) is 119 Å². The summed E-state index contributed by atoms with van der Waals surface area (Å²) in [5.41, 5.74) is 6.66. The van der Waals surface area contributed by atoms with Crippen LogP contribution in [0.3, 0.4) is 0 Å². The average Bonchev–Trinajstić information content (AvgIpc) is 3.62. The third-order valence-electron chi connectivity index (χ3n) is 7.69. The minimum atomic E-state index is -0.595. The molecular weight excluding hydrogens is 376 g/mol. The maximum absolute atomic E-state index is 11.3. The number of hydrogen-bond donors (Lipinski definition) is 1. The molecule has 2 aliphatic rings. The van der Waals surface area contributed by atoms with Crippen LogP contribution in [-0.4, -0.2) is 23.1 Å². The van der Waals surface area contributed by atoms with Gasteiger partial charge in [-0.1, -0.05) is 18.9 Å². The van der Waals surface area contributed by atoms with E-state index in [4.69, 9.17) is 4.74 Å². The first-order valence-electron chi connectivity index (χ1n) is 11.8. The van der Waals surface area contributed by atoms with Gasteiger partial charge in [-0.15, -0.1) is 0 Å². The number of benzene rings is 1. The highest BCUT2D eigenvalue weighted by atomic mass is 16.5. The Bertz CT molecular complexity index is 772. The van der Waals surface area contributed by atoms with Gasteiger partial charge in [0.15, 0.2) is 0 Å². The molecule has 1 aromatic carbocycles. The van der Waals surface area contributed by atoms with Gasteiger partial charge >= 0.3 is 5.97 Å². The highest BCUT2D eigenvalue weighted by Crippen LogP contribution is 2.50. The summed E-state index contributed by atoms with van der Waals surface area (Å²) >= 11 is 0. The number of unbranched alkanes of at least 4 members (excludes halogenated alkanes) is 3. The van der Waals surface area contributed by atoms with Crippen LogP contribution in [0.1, 0.15) is 98.4 Å². The van der Waals surface area contributed by atoms with Crippen molar-refractivity contribution in [3.8, 4) is 0 Å². The van der Waals surface area contributed by atoms with Gasteiger partial charge in [0.1, 0.15) is 5.60 Å². The first-order chi connectivity index (χ1) is 14.3. The molecular formula is C26H38O4. The van der Waals surface area contributed by atoms with E-state index in [1.165, 1.54) is 27.8 Å². The highest BCUT2D eigenvalue weighted by Gasteiger charge is 2.49. The molecule has 166 valence electrons. The van der Waals surface area contributed by atoms with E-state index in [2.05, 4.69) is 26.8 Å². The van der Waals surface area contributed by atoms with Gasteiger partial charge in [-0.25, -0.2) is 0 Å². The van der Waals surface area contributed by atoms with Gasteiger partial charge in [0.05, 0.1) is 5.41 Å². The molecule has 0 spiro atoms. The van der Waals surface area contributed by atoms with E-state index >= 15 is 0 Å². The van der Waals surface area contributed by atoms with Crippen molar-refractivity contribution < 1.29 is 19.4 Å². The molecule has 2 fully saturated rings. The third-order valence-corrected chi connectivity index (χ3v) is 7.69. The number of ether oxygens (including phenoxy) is 1. The van der Waals surface area contributed by atoms with Crippen LogP contribution in [-0.2, 0) is 27.2 Å². The molecule has 2 aliphatic carbocycles. The lowest BCUT2D eigenvalue weighted by Gasteiger charge is -2.18. The zero-order chi connectivity index (χ0) is 21.8. The molecule has 0 radical (unpaired) electrons. The molecule has 1 aromatic rings. The van der Waals surface area contributed by atoms with Gasteiger partial charge < -0.3 is 9.84 Å². The Hall–Kier alpha value is -1.84. The number of carboxylic acids is 1. The van der Waals surface area contributed by atoms with Crippen LogP contribution in [0, 0.1) is 26.2 Å². The van der Waals surface area contributed by atoms with E-state index in [1.54, 1.807) is 0 Å². The number of carboxylic acid groups (broad SMARTS) is 1. The van der Waals surface area contributed by atoms with E-state index in [0.29, 0.717) is 6.47 Å². The Morgan fingerprint density at radius 3 is 2.23 bits per heavy atom. The molecule has 0 amide bonds. The maximum atomic E-state index is 11.3. The molecule has 0 bridgehead atoms. The fraction of sp³-hybridized carbons (Fsp3) is 0.692. The molecule has 4 nitrogen and oxygen atoms in total. The lowest BCUT2D eigenvalue weighted by atomic mass is 9.88. The molecule has 30 heavy (non-hydrogen) atoms. The summed E-state index contributed by atoms with van der Waals surface area (Å²) in [6, 6.07) is 2.35. The van der Waals surface area contributed by atoms with Crippen LogP contribution in [0.5, 0.6) is 0 Å². The molecule has 3 rings (SSSR count). The Balaban J connectivity index is 1.47. The normalized spacial score (nSPS) is 18.1. The van der Waals surface area contributed by atoms with Crippen LogP contribution >= 0.6 is 0 Å². The van der Waals surface area contributed by atoms with Crippen LogP contribution in [0.25, 0.3) is 0 Å². The molecule has 0 heterocycles. The fourth-order valence-electron chi connectivity index (χ4n) is 4.92. The fourth-order valence-corrected chi connectivity index (χ4v) is 4.92. The van der Waals surface area contributed by atoms with Crippen molar-refractivity contribution in [2.45, 2.75) is 110 Å². The Labute approximate surface area is 181 Å². The summed E-state index contributed by atoms with van der Waals surface area (Å²) in [4.78, 5) is 21.9. The van der Waals surface area contributed by atoms with Gasteiger partial charge in [0, 0.05) is 0 Å². The topological polar surface area (TPSA) is 63.6 Å². The predicted molar refractivity (Wildman–Crippen MR) is 119 cm³/mol. The highest BCUT2D eigenvalue weighted by molar-refractivity contribution is 5.77. The average molecular weight is 415 g/mol. The molecule has 4 heteroatoms. The largest absolute Gasteiger partial charge is 0.481 e. The number of aliphatic carboxylic acids is 1. The van der Waals surface area contributed by atoms with Crippen LogP contribution in [0.15, 0.2) is 6.07 Å². The SMILES string of the molecule is Cc1cc(CCCCC2(OC=O)CC2)c(C)c(CCCCCC2(C(=O)O)CC2)c1C. The lowest BCUT2D eigenvalue weighted by molar-refractivity contribution is -0.143. The quantitative estimate of drug-likeness (QED) is 0.300. The third kappa shape index (κ3) is 5.44. The van der Waals surface area contributed by atoms with Crippen LogP contribution in [0.2, 0.25) is 0 Å². The van der Waals surface area contributed by atoms with Crippen molar-refractivity contribution >= 4 is 12.4 Å². The van der Waals surface area contributed by atoms with E-state index in [-0.39, 0.29) is 11.0 Å². The van der Waals surface area contributed by atoms with Gasteiger partial charge in [-0.3, -0.25) is 9.59 Å². The molecule has 0 aromatic heterocycles. The second-order valence-corrected chi connectivity index (χ2v) is 9.83. The number of carbonyl (C=O) groups is 2. The van der Waals surface area contributed by atoms with Crippen molar-refractivity contribution in [2.75, 3.05) is 0 Å². The zero-order valence-electron chi connectivity index (χ0n) is 19.0. The zero-order valence-corrected chi connectivity index (χ0v) is 19.0. The molecule has 0 aliphatic heterocycles.